The molecule has 0 aliphatic carbocycles. The Morgan fingerprint density at radius 1 is 1.20 bits per heavy atom. The van der Waals surface area contributed by atoms with Gasteiger partial charge in [0.25, 0.3) is 5.91 Å². The van der Waals surface area contributed by atoms with E-state index in [1.165, 1.54) is 0 Å². The van der Waals surface area contributed by atoms with Gasteiger partial charge in [-0.05, 0) is 52.9 Å². The van der Waals surface area contributed by atoms with E-state index in [0.29, 0.717) is 16.9 Å². The average molecular weight is 381 g/mol. The molecule has 0 bridgehead atoms. The van der Waals surface area contributed by atoms with Crippen molar-refractivity contribution in [1.29, 1.82) is 0 Å². The molecule has 2 rings (SSSR count). The Kier molecular flexibility index (Phi) is 4.49. The summed E-state index contributed by atoms with van der Waals surface area (Å²) in [5.41, 5.74) is 8.70. The van der Waals surface area contributed by atoms with Crippen LogP contribution in [-0.4, -0.2) is 20.0 Å². The van der Waals surface area contributed by atoms with Crippen molar-refractivity contribution in [2.45, 2.75) is 0 Å². The number of carbonyl (C=O) groups is 1. The van der Waals surface area contributed by atoms with Crippen LogP contribution in [0.3, 0.4) is 0 Å². The number of anilines is 3. The van der Waals surface area contributed by atoms with Crippen molar-refractivity contribution in [2.75, 3.05) is 30.0 Å². The molecule has 0 saturated carbocycles. The van der Waals surface area contributed by atoms with Crippen molar-refractivity contribution in [3.63, 3.8) is 0 Å². The number of nitrogens with one attached hydrogen (secondary N) is 1. The first kappa shape index (κ1) is 14.6. The molecule has 0 aromatic heterocycles. The minimum absolute atomic E-state index is 0.135. The molecule has 0 radical (unpaired) electrons. The van der Waals surface area contributed by atoms with Crippen molar-refractivity contribution < 1.29 is 4.79 Å². The zero-order valence-electron chi connectivity index (χ0n) is 11.4. The minimum Gasteiger partial charge on any atom is -0.399 e. The summed E-state index contributed by atoms with van der Waals surface area (Å²) in [7, 11) is 3.85. The Labute approximate surface area is 132 Å². The number of nitrogens with two attached hydrogens (primary N) is 1. The number of carbonyl (C=O) groups excluding carboxylic acids is 1. The van der Waals surface area contributed by atoms with E-state index in [1.54, 1.807) is 12.1 Å². The van der Waals surface area contributed by atoms with Crippen molar-refractivity contribution in [3.05, 3.63) is 51.6 Å². The number of amides is 1. The minimum atomic E-state index is -0.135. The Morgan fingerprint density at radius 3 is 2.55 bits per heavy atom. The van der Waals surface area contributed by atoms with Gasteiger partial charge in [-0.3, -0.25) is 4.79 Å². The predicted octanol–water partition coefficient (Wildman–Crippen LogP) is 3.19. The molecule has 0 spiro atoms. The first-order valence-electron chi connectivity index (χ1n) is 6.12. The van der Waals surface area contributed by atoms with Crippen molar-refractivity contribution >= 4 is 45.6 Å². The lowest BCUT2D eigenvalue weighted by Gasteiger charge is -2.18. The van der Waals surface area contributed by atoms with Crippen LogP contribution < -0.4 is 16.0 Å². The molecule has 0 fully saturated rings. The second-order valence-corrected chi connectivity index (χ2v) is 5.77. The lowest BCUT2D eigenvalue weighted by Crippen LogP contribution is -2.17. The van der Waals surface area contributed by atoms with Crippen LogP contribution in [0.1, 0.15) is 10.4 Å². The summed E-state index contributed by atoms with van der Waals surface area (Å²) in [6.07, 6.45) is 0. The Hall–Kier alpha value is -1.76. The highest BCUT2D eigenvalue weighted by Gasteiger charge is 2.12. The quantitative estimate of drug-likeness (QED) is 0.634. The summed E-state index contributed by atoms with van der Waals surface area (Å²) in [4.78, 5) is 14.3. The standard InChI is InChI=1S/C15H16IN3O/c1-19(2)14-8-7-10(17)9-13(14)18-15(20)11-5-3-4-6-12(11)16/h3-9H,17H2,1-2H3,(H,18,20). The highest BCUT2D eigenvalue weighted by Crippen LogP contribution is 2.27. The maximum absolute atomic E-state index is 12.3. The SMILES string of the molecule is CN(C)c1ccc(N)cc1NC(=O)c1ccccc1I. The molecular formula is C15H16IN3O. The van der Waals surface area contributed by atoms with Crippen LogP contribution in [-0.2, 0) is 0 Å². The van der Waals surface area contributed by atoms with Crippen molar-refractivity contribution in [3.8, 4) is 0 Å². The Balaban J connectivity index is 2.33. The Morgan fingerprint density at radius 2 is 1.90 bits per heavy atom. The van der Waals surface area contributed by atoms with Gasteiger partial charge in [-0.25, -0.2) is 0 Å². The fourth-order valence-corrected chi connectivity index (χ4v) is 2.51. The van der Waals surface area contributed by atoms with Crippen LogP contribution in [0.25, 0.3) is 0 Å². The molecule has 1 amide bonds. The summed E-state index contributed by atoms with van der Waals surface area (Å²) in [6.45, 7) is 0. The zero-order chi connectivity index (χ0) is 14.7. The van der Waals surface area contributed by atoms with E-state index in [0.717, 1.165) is 9.26 Å². The van der Waals surface area contributed by atoms with Crippen LogP contribution in [0, 0.1) is 3.57 Å². The van der Waals surface area contributed by atoms with E-state index < -0.39 is 0 Å². The molecule has 20 heavy (non-hydrogen) atoms. The van der Waals surface area contributed by atoms with E-state index in [4.69, 9.17) is 5.73 Å². The summed E-state index contributed by atoms with van der Waals surface area (Å²) in [5, 5.41) is 2.92. The molecular weight excluding hydrogens is 365 g/mol. The molecule has 3 N–H and O–H groups in total. The molecule has 0 saturated heterocycles. The number of nitrogens with zero attached hydrogens (tertiary/aromatic N) is 1. The number of benzene rings is 2. The maximum atomic E-state index is 12.3. The first-order chi connectivity index (χ1) is 9.49. The van der Waals surface area contributed by atoms with E-state index >= 15 is 0 Å². The van der Waals surface area contributed by atoms with Crippen molar-refractivity contribution in [2.24, 2.45) is 0 Å². The van der Waals surface area contributed by atoms with Gasteiger partial charge in [-0.15, -0.1) is 0 Å². The number of halogens is 1. The van der Waals surface area contributed by atoms with Gasteiger partial charge >= 0.3 is 0 Å². The number of hydrogen-bond acceptors (Lipinski definition) is 3. The van der Waals surface area contributed by atoms with Crippen LogP contribution in [0.2, 0.25) is 0 Å². The molecule has 0 unspecified atom stereocenters. The summed E-state index contributed by atoms with van der Waals surface area (Å²) < 4.78 is 0.915. The number of hydrogen-bond donors (Lipinski definition) is 2. The van der Waals surface area contributed by atoms with E-state index in [1.807, 2.05) is 49.3 Å². The molecule has 0 atom stereocenters. The van der Waals surface area contributed by atoms with Gasteiger partial charge < -0.3 is 16.0 Å². The summed E-state index contributed by atoms with van der Waals surface area (Å²) in [6, 6.07) is 12.9. The van der Waals surface area contributed by atoms with Gasteiger partial charge in [0, 0.05) is 23.4 Å². The predicted molar refractivity (Wildman–Crippen MR) is 92.3 cm³/mol. The van der Waals surface area contributed by atoms with E-state index in [9.17, 15) is 4.79 Å². The Bertz CT molecular complexity index is 641. The molecule has 104 valence electrons. The third-order valence-corrected chi connectivity index (χ3v) is 3.81. The number of rotatable bonds is 3. The third-order valence-electron chi connectivity index (χ3n) is 2.87. The molecule has 0 aliphatic heterocycles. The zero-order valence-corrected chi connectivity index (χ0v) is 13.5. The van der Waals surface area contributed by atoms with Crippen molar-refractivity contribution in [1.82, 2.24) is 0 Å². The van der Waals surface area contributed by atoms with Gasteiger partial charge in [0.2, 0.25) is 0 Å². The average Bonchev–Trinajstić information content (AvgIpc) is 2.38. The van der Waals surface area contributed by atoms with Gasteiger partial charge in [0.05, 0.1) is 16.9 Å². The highest BCUT2D eigenvalue weighted by molar-refractivity contribution is 14.1. The smallest absolute Gasteiger partial charge is 0.256 e. The van der Waals surface area contributed by atoms with Gasteiger partial charge in [-0.1, -0.05) is 12.1 Å². The second kappa shape index (κ2) is 6.13. The summed E-state index contributed by atoms with van der Waals surface area (Å²) in [5.74, 6) is -0.135. The lowest BCUT2D eigenvalue weighted by molar-refractivity contribution is 0.102. The third kappa shape index (κ3) is 3.22. The second-order valence-electron chi connectivity index (χ2n) is 4.60. The largest absolute Gasteiger partial charge is 0.399 e. The van der Waals surface area contributed by atoms with Gasteiger partial charge in [0.15, 0.2) is 0 Å². The van der Waals surface area contributed by atoms with Crippen LogP contribution in [0.15, 0.2) is 42.5 Å². The topological polar surface area (TPSA) is 58.4 Å². The molecule has 2 aromatic carbocycles. The lowest BCUT2D eigenvalue weighted by atomic mass is 10.2. The molecule has 0 aliphatic rings. The van der Waals surface area contributed by atoms with E-state index in [-0.39, 0.29) is 5.91 Å². The monoisotopic (exact) mass is 381 g/mol. The summed E-state index contributed by atoms with van der Waals surface area (Å²) >= 11 is 2.15. The maximum Gasteiger partial charge on any atom is 0.256 e. The first-order valence-corrected chi connectivity index (χ1v) is 7.19. The number of nitrogen functional groups attached to an aromatic ring is 1. The molecule has 5 heteroatoms. The molecule has 4 nitrogen and oxygen atoms in total. The molecule has 0 heterocycles. The van der Waals surface area contributed by atoms with Crippen LogP contribution >= 0.6 is 22.6 Å². The molecule has 2 aromatic rings. The van der Waals surface area contributed by atoms with Gasteiger partial charge in [-0.2, -0.15) is 0 Å². The highest BCUT2D eigenvalue weighted by atomic mass is 127. The van der Waals surface area contributed by atoms with Gasteiger partial charge in [0.1, 0.15) is 0 Å². The normalized spacial score (nSPS) is 10.2. The van der Waals surface area contributed by atoms with Crippen LogP contribution in [0.5, 0.6) is 0 Å². The van der Waals surface area contributed by atoms with E-state index in [2.05, 4.69) is 27.9 Å². The van der Waals surface area contributed by atoms with Crippen LogP contribution in [0.4, 0.5) is 17.1 Å². The fourth-order valence-electron chi connectivity index (χ4n) is 1.88. The fraction of sp³-hybridized carbons (Fsp3) is 0.133.